The van der Waals surface area contributed by atoms with Gasteiger partial charge in [0.2, 0.25) is 11.9 Å². The number of hydrogen-bond acceptors (Lipinski definition) is 5. The molecule has 3 aromatic rings. The van der Waals surface area contributed by atoms with Crippen LogP contribution in [0.15, 0.2) is 53.7 Å². The maximum Gasteiger partial charge on any atom is 0.247 e. The molecule has 0 aliphatic carbocycles. The summed E-state index contributed by atoms with van der Waals surface area (Å²) in [5.41, 5.74) is 10.2. The van der Waals surface area contributed by atoms with E-state index in [9.17, 15) is 4.79 Å². The van der Waals surface area contributed by atoms with Crippen LogP contribution in [0.2, 0.25) is 0 Å². The Kier molecular flexibility index (Phi) is 6.36. The largest absolute Gasteiger partial charge is 0.368 e. The molecule has 0 bridgehead atoms. The van der Waals surface area contributed by atoms with E-state index >= 15 is 0 Å². The van der Waals surface area contributed by atoms with Gasteiger partial charge in [-0.1, -0.05) is 61.2 Å². The fourth-order valence-electron chi connectivity index (χ4n) is 2.97. The molecule has 1 unspecified atom stereocenters. The number of benzene rings is 2. The van der Waals surface area contributed by atoms with Gasteiger partial charge in [-0.25, -0.2) is 0 Å². The molecular weight excluding hydrogens is 370 g/mol. The summed E-state index contributed by atoms with van der Waals surface area (Å²) >= 11 is 1.52. The Hall–Kier alpha value is -2.80. The monoisotopic (exact) mass is 395 g/mol. The lowest BCUT2D eigenvalue weighted by atomic mass is 10.1. The van der Waals surface area contributed by atoms with Gasteiger partial charge in [-0.15, -0.1) is 10.2 Å². The molecule has 1 amide bonds. The average molecular weight is 396 g/mol. The first kappa shape index (κ1) is 19.9. The lowest BCUT2D eigenvalue weighted by Gasteiger charge is -2.20. The number of carbonyl (C=O) groups is 1. The number of nitrogens with zero attached hydrogens (tertiary/aromatic N) is 3. The molecule has 0 aliphatic rings. The van der Waals surface area contributed by atoms with Crippen LogP contribution in [-0.2, 0) is 10.5 Å². The van der Waals surface area contributed by atoms with Gasteiger partial charge in [-0.05, 0) is 43.0 Å². The summed E-state index contributed by atoms with van der Waals surface area (Å²) in [6.45, 7) is 5.94. The fraction of sp³-hybridized carbons (Fsp3) is 0.286. The highest BCUT2D eigenvalue weighted by Gasteiger charge is 2.25. The molecule has 0 radical (unpaired) electrons. The molecule has 0 saturated heterocycles. The van der Waals surface area contributed by atoms with Crippen molar-refractivity contribution in [2.45, 2.75) is 44.1 Å². The van der Waals surface area contributed by atoms with Crippen LogP contribution >= 0.6 is 11.8 Å². The number of hydrogen-bond donors (Lipinski definition) is 2. The molecule has 0 spiro atoms. The number of carbonyl (C=O) groups excluding carboxylic acids is 1. The predicted molar refractivity (Wildman–Crippen MR) is 114 cm³/mol. The predicted octanol–water partition coefficient (Wildman–Crippen LogP) is 4.36. The van der Waals surface area contributed by atoms with Crippen LogP contribution in [0.5, 0.6) is 0 Å². The van der Waals surface area contributed by atoms with E-state index in [2.05, 4.69) is 27.6 Å². The van der Waals surface area contributed by atoms with Crippen LogP contribution in [-0.4, -0.2) is 20.7 Å². The minimum atomic E-state index is -0.479. The number of aromatic nitrogens is 3. The molecule has 3 rings (SSSR count). The zero-order chi connectivity index (χ0) is 20.1. The number of amides is 1. The van der Waals surface area contributed by atoms with Crippen molar-refractivity contribution >= 4 is 29.3 Å². The number of nitrogens with two attached hydrogens (primary N) is 1. The first-order chi connectivity index (χ1) is 13.5. The van der Waals surface area contributed by atoms with Gasteiger partial charge in [0.1, 0.15) is 6.04 Å². The van der Waals surface area contributed by atoms with Crippen molar-refractivity contribution < 1.29 is 4.79 Å². The third-order valence-corrected chi connectivity index (χ3v) is 5.57. The maximum atomic E-state index is 13.0. The summed E-state index contributed by atoms with van der Waals surface area (Å²) in [6, 6.07) is 15.6. The third kappa shape index (κ3) is 4.54. The summed E-state index contributed by atoms with van der Waals surface area (Å²) in [7, 11) is 0. The molecule has 1 atom stereocenters. The summed E-state index contributed by atoms with van der Waals surface area (Å²) in [6.07, 6.45) is 0.581. The fourth-order valence-corrected chi connectivity index (χ4v) is 3.92. The first-order valence-electron chi connectivity index (χ1n) is 9.24. The standard InChI is InChI=1S/C21H25N5OS/c1-4-18(19(27)23-17-12-14(2)10-11-15(17)3)26-20(22)24-25-21(26)28-13-16-8-6-5-7-9-16/h5-12,18H,4,13H2,1-3H3,(H2,22,24)(H,23,27). The highest BCUT2D eigenvalue weighted by Crippen LogP contribution is 2.28. The summed E-state index contributed by atoms with van der Waals surface area (Å²) in [5.74, 6) is 0.858. The van der Waals surface area contributed by atoms with Crippen molar-refractivity contribution in [3.8, 4) is 0 Å². The molecule has 0 saturated carbocycles. The molecule has 28 heavy (non-hydrogen) atoms. The van der Waals surface area contributed by atoms with Crippen LogP contribution in [0.4, 0.5) is 11.6 Å². The number of aryl methyl sites for hydroxylation is 2. The highest BCUT2D eigenvalue weighted by atomic mass is 32.2. The number of thioether (sulfide) groups is 1. The second-order valence-electron chi connectivity index (χ2n) is 6.72. The Bertz CT molecular complexity index is 955. The number of anilines is 2. The molecule has 3 N–H and O–H groups in total. The summed E-state index contributed by atoms with van der Waals surface area (Å²) < 4.78 is 1.73. The van der Waals surface area contributed by atoms with E-state index in [-0.39, 0.29) is 11.9 Å². The Morgan fingerprint density at radius 1 is 1.18 bits per heavy atom. The van der Waals surface area contributed by atoms with E-state index in [1.54, 1.807) is 4.57 Å². The average Bonchev–Trinajstić information content (AvgIpc) is 3.05. The molecular formula is C21H25N5OS. The topological polar surface area (TPSA) is 85.8 Å². The zero-order valence-electron chi connectivity index (χ0n) is 16.3. The minimum absolute atomic E-state index is 0.121. The SMILES string of the molecule is CCC(C(=O)Nc1cc(C)ccc1C)n1c(N)nnc1SCc1ccccc1. The summed E-state index contributed by atoms with van der Waals surface area (Å²) in [5, 5.41) is 11.9. The van der Waals surface area contributed by atoms with E-state index in [4.69, 9.17) is 5.73 Å². The van der Waals surface area contributed by atoms with Gasteiger partial charge in [0.05, 0.1) is 0 Å². The quantitative estimate of drug-likeness (QED) is 0.581. The van der Waals surface area contributed by atoms with Gasteiger partial charge in [0.25, 0.3) is 0 Å². The van der Waals surface area contributed by atoms with Crippen molar-refractivity contribution in [3.63, 3.8) is 0 Å². The molecule has 1 aromatic heterocycles. The van der Waals surface area contributed by atoms with Gasteiger partial charge < -0.3 is 11.1 Å². The van der Waals surface area contributed by atoms with Crippen LogP contribution < -0.4 is 11.1 Å². The number of nitrogens with one attached hydrogen (secondary N) is 1. The van der Waals surface area contributed by atoms with Crippen LogP contribution in [0.3, 0.4) is 0 Å². The highest BCUT2D eigenvalue weighted by molar-refractivity contribution is 7.98. The van der Waals surface area contributed by atoms with E-state index in [1.165, 1.54) is 17.3 Å². The Morgan fingerprint density at radius 3 is 2.64 bits per heavy atom. The molecule has 7 heteroatoms. The van der Waals surface area contributed by atoms with E-state index in [1.807, 2.05) is 57.2 Å². The first-order valence-corrected chi connectivity index (χ1v) is 10.2. The van der Waals surface area contributed by atoms with Crippen molar-refractivity contribution in [1.29, 1.82) is 0 Å². The van der Waals surface area contributed by atoms with Crippen molar-refractivity contribution in [3.05, 3.63) is 65.2 Å². The Labute approximate surface area is 169 Å². The molecule has 2 aromatic carbocycles. The lowest BCUT2D eigenvalue weighted by Crippen LogP contribution is -2.27. The van der Waals surface area contributed by atoms with Gasteiger partial charge in [0, 0.05) is 11.4 Å². The molecule has 6 nitrogen and oxygen atoms in total. The maximum absolute atomic E-state index is 13.0. The van der Waals surface area contributed by atoms with Crippen molar-refractivity contribution in [1.82, 2.24) is 14.8 Å². The van der Waals surface area contributed by atoms with Crippen molar-refractivity contribution in [2.24, 2.45) is 0 Å². The summed E-state index contributed by atoms with van der Waals surface area (Å²) in [4.78, 5) is 13.0. The van der Waals surface area contributed by atoms with Crippen LogP contribution in [0, 0.1) is 13.8 Å². The zero-order valence-corrected chi connectivity index (χ0v) is 17.2. The lowest BCUT2D eigenvalue weighted by molar-refractivity contribution is -0.119. The van der Waals surface area contributed by atoms with Gasteiger partial charge >= 0.3 is 0 Å². The number of nitrogen functional groups attached to an aromatic ring is 1. The number of rotatable bonds is 7. The third-order valence-electron chi connectivity index (χ3n) is 4.55. The van der Waals surface area contributed by atoms with Crippen molar-refractivity contribution in [2.75, 3.05) is 11.1 Å². The van der Waals surface area contributed by atoms with E-state index in [0.29, 0.717) is 11.6 Å². The second-order valence-corrected chi connectivity index (χ2v) is 7.66. The van der Waals surface area contributed by atoms with Crippen LogP contribution in [0.25, 0.3) is 0 Å². The molecule has 0 fully saturated rings. The Balaban J connectivity index is 1.80. The molecule has 1 heterocycles. The normalized spacial score (nSPS) is 12.0. The van der Waals surface area contributed by atoms with E-state index in [0.717, 1.165) is 22.6 Å². The molecule has 0 aliphatic heterocycles. The van der Waals surface area contributed by atoms with Crippen LogP contribution in [0.1, 0.15) is 36.1 Å². The second kappa shape index (κ2) is 8.93. The Morgan fingerprint density at radius 2 is 1.93 bits per heavy atom. The van der Waals surface area contributed by atoms with Gasteiger partial charge in [-0.2, -0.15) is 0 Å². The van der Waals surface area contributed by atoms with Gasteiger partial charge in [0.15, 0.2) is 5.16 Å². The van der Waals surface area contributed by atoms with Gasteiger partial charge in [-0.3, -0.25) is 9.36 Å². The smallest absolute Gasteiger partial charge is 0.247 e. The molecule has 146 valence electrons. The van der Waals surface area contributed by atoms with E-state index < -0.39 is 6.04 Å². The minimum Gasteiger partial charge on any atom is -0.368 e.